The summed E-state index contributed by atoms with van der Waals surface area (Å²) in [4.78, 5) is 33.6. The van der Waals surface area contributed by atoms with Crippen molar-refractivity contribution in [3.8, 4) is 0 Å². The fourth-order valence-electron chi connectivity index (χ4n) is 3.04. The first kappa shape index (κ1) is 18.9. The number of nitrogens with one attached hydrogen (secondary N) is 2. The summed E-state index contributed by atoms with van der Waals surface area (Å²) in [7, 11) is 0. The molecule has 1 aliphatic rings. The van der Waals surface area contributed by atoms with E-state index in [1.807, 2.05) is 0 Å². The van der Waals surface area contributed by atoms with Crippen molar-refractivity contribution in [1.82, 2.24) is 15.3 Å². The summed E-state index contributed by atoms with van der Waals surface area (Å²) in [5, 5.41) is 3.48. The van der Waals surface area contributed by atoms with Crippen molar-refractivity contribution in [2.24, 2.45) is 11.7 Å². The van der Waals surface area contributed by atoms with E-state index in [4.69, 9.17) is 5.73 Å². The maximum Gasteiger partial charge on any atom is 0.259 e. The molecule has 1 aliphatic carbocycles. The maximum absolute atomic E-state index is 12.4. The second-order valence-corrected chi connectivity index (χ2v) is 7.27. The van der Waals surface area contributed by atoms with Crippen LogP contribution in [0.4, 0.5) is 0 Å². The molecule has 3 rings (SSSR count). The molecule has 8 heteroatoms. The number of aromatic nitrogens is 2. The molecular formula is C16H23ClN4O2S. The molecule has 2 aromatic rings. The third kappa shape index (κ3) is 3.96. The minimum absolute atomic E-state index is 0. The lowest BCUT2D eigenvalue weighted by molar-refractivity contribution is -0.121. The van der Waals surface area contributed by atoms with Crippen LogP contribution in [0.5, 0.6) is 0 Å². The number of hydrogen-bond acceptors (Lipinski definition) is 5. The number of carbonyl (C=O) groups is 1. The Balaban J connectivity index is 0.00000208. The molecule has 0 spiro atoms. The topological polar surface area (TPSA) is 101 Å². The molecule has 0 aliphatic heterocycles. The maximum atomic E-state index is 12.4. The molecule has 0 saturated carbocycles. The summed E-state index contributed by atoms with van der Waals surface area (Å²) in [6, 6.07) is 0. The Kier molecular flexibility index (Phi) is 6.37. The Morgan fingerprint density at radius 1 is 1.50 bits per heavy atom. The van der Waals surface area contributed by atoms with Crippen molar-refractivity contribution >= 4 is 39.9 Å². The minimum atomic E-state index is -0.0718. The normalized spacial score (nSPS) is 16.5. The third-order valence-electron chi connectivity index (χ3n) is 4.27. The number of aromatic amines is 1. The molecule has 24 heavy (non-hydrogen) atoms. The molecule has 0 saturated heterocycles. The van der Waals surface area contributed by atoms with Crippen LogP contribution in [0.15, 0.2) is 4.79 Å². The van der Waals surface area contributed by atoms with E-state index in [9.17, 15) is 9.59 Å². The van der Waals surface area contributed by atoms with Crippen LogP contribution in [0.2, 0.25) is 0 Å². The highest BCUT2D eigenvalue weighted by atomic mass is 35.5. The summed E-state index contributed by atoms with van der Waals surface area (Å²) in [5.74, 6) is 1.18. The molecule has 0 fully saturated rings. The lowest BCUT2D eigenvalue weighted by Gasteiger charge is -2.17. The second-order valence-electron chi connectivity index (χ2n) is 6.18. The molecule has 0 radical (unpaired) electrons. The standard InChI is InChI=1S/C16H22N4O2S.ClH/c1-9-2-3-10-11(8-9)23-16-14(10)15(22)19-12(20-16)4-5-13(21)18-7-6-17;/h9H,2-8,17H2,1H3,(H,18,21)(H,19,20,22);1H. The number of nitrogens with zero attached hydrogens (tertiary/aromatic N) is 1. The van der Waals surface area contributed by atoms with Gasteiger partial charge >= 0.3 is 0 Å². The number of halogens is 1. The molecule has 6 nitrogen and oxygen atoms in total. The van der Waals surface area contributed by atoms with Gasteiger partial charge in [-0.25, -0.2) is 4.98 Å². The highest BCUT2D eigenvalue weighted by Crippen LogP contribution is 2.35. The van der Waals surface area contributed by atoms with Gasteiger partial charge in [0.05, 0.1) is 5.39 Å². The number of thiophene rings is 1. The SMILES string of the molecule is CC1CCc2c(sc3nc(CCC(=O)NCCN)[nH]c(=O)c23)C1.Cl. The monoisotopic (exact) mass is 370 g/mol. The summed E-state index contributed by atoms with van der Waals surface area (Å²) in [5.41, 5.74) is 6.46. The summed E-state index contributed by atoms with van der Waals surface area (Å²) in [6.07, 6.45) is 3.85. The van der Waals surface area contributed by atoms with E-state index in [0.29, 0.717) is 37.7 Å². The molecule has 1 unspecified atom stereocenters. The summed E-state index contributed by atoms with van der Waals surface area (Å²) >= 11 is 1.63. The number of aryl methyl sites for hydroxylation is 2. The number of fused-ring (bicyclic) bond motifs is 3. The van der Waals surface area contributed by atoms with Crippen LogP contribution in [-0.2, 0) is 24.1 Å². The Bertz CT molecular complexity index is 786. The smallest absolute Gasteiger partial charge is 0.259 e. The lowest BCUT2D eigenvalue weighted by Crippen LogP contribution is -2.29. The first-order valence-electron chi connectivity index (χ1n) is 8.08. The lowest BCUT2D eigenvalue weighted by atomic mass is 9.89. The Hall–Kier alpha value is -1.44. The van der Waals surface area contributed by atoms with Crippen molar-refractivity contribution in [2.75, 3.05) is 13.1 Å². The van der Waals surface area contributed by atoms with Crippen LogP contribution >= 0.6 is 23.7 Å². The van der Waals surface area contributed by atoms with Gasteiger partial charge in [-0.3, -0.25) is 9.59 Å². The largest absolute Gasteiger partial charge is 0.355 e. The third-order valence-corrected chi connectivity index (χ3v) is 5.42. The minimum Gasteiger partial charge on any atom is -0.355 e. The van der Waals surface area contributed by atoms with E-state index in [1.165, 1.54) is 10.4 Å². The van der Waals surface area contributed by atoms with E-state index in [-0.39, 0.29) is 23.9 Å². The molecule has 2 aromatic heterocycles. The van der Waals surface area contributed by atoms with Crippen molar-refractivity contribution in [1.29, 1.82) is 0 Å². The van der Waals surface area contributed by atoms with Gasteiger partial charge in [-0.1, -0.05) is 6.92 Å². The molecule has 1 atom stereocenters. The average molecular weight is 371 g/mol. The van der Waals surface area contributed by atoms with Crippen LogP contribution < -0.4 is 16.6 Å². The zero-order valence-electron chi connectivity index (χ0n) is 13.7. The zero-order valence-corrected chi connectivity index (χ0v) is 15.3. The van der Waals surface area contributed by atoms with Crippen LogP contribution in [0.1, 0.15) is 36.0 Å². The van der Waals surface area contributed by atoms with Crippen LogP contribution in [0, 0.1) is 5.92 Å². The zero-order chi connectivity index (χ0) is 16.4. The van der Waals surface area contributed by atoms with E-state index in [2.05, 4.69) is 22.2 Å². The van der Waals surface area contributed by atoms with Crippen molar-refractivity contribution in [3.05, 3.63) is 26.6 Å². The van der Waals surface area contributed by atoms with Gasteiger partial charge in [0.15, 0.2) is 0 Å². The number of H-pyrrole nitrogens is 1. The first-order valence-corrected chi connectivity index (χ1v) is 8.90. The second kappa shape index (κ2) is 8.09. The van der Waals surface area contributed by atoms with E-state index in [1.54, 1.807) is 11.3 Å². The van der Waals surface area contributed by atoms with Crippen LogP contribution in [0.3, 0.4) is 0 Å². The fraction of sp³-hybridized carbons (Fsp3) is 0.562. The number of rotatable bonds is 5. The van der Waals surface area contributed by atoms with Gasteiger partial charge in [0.2, 0.25) is 5.91 Å². The van der Waals surface area contributed by atoms with E-state index < -0.39 is 0 Å². The quantitative estimate of drug-likeness (QED) is 0.743. The molecule has 4 N–H and O–H groups in total. The first-order chi connectivity index (χ1) is 11.1. The Morgan fingerprint density at radius 3 is 3.04 bits per heavy atom. The predicted molar refractivity (Wildman–Crippen MR) is 99.1 cm³/mol. The molecule has 0 bridgehead atoms. The van der Waals surface area contributed by atoms with Crippen LogP contribution in [-0.4, -0.2) is 29.0 Å². The van der Waals surface area contributed by atoms with Crippen molar-refractivity contribution in [2.45, 2.75) is 39.0 Å². The van der Waals surface area contributed by atoms with Gasteiger partial charge in [0.25, 0.3) is 5.56 Å². The predicted octanol–water partition coefficient (Wildman–Crippen LogP) is 1.54. The molecule has 0 aromatic carbocycles. The van der Waals surface area contributed by atoms with Crippen molar-refractivity contribution in [3.63, 3.8) is 0 Å². The summed E-state index contributed by atoms with van der Waals surface area (Å²) in [6.45, 7) is 3.14. The Morgan fingerprint density at radius 2 is 2.29 bits per heavy atom. The van der Waals surface area contributed by atoms with Gasteiger partial charge in [0.1, 0.15) is 10.7 Å². The molecule has 1 amide bonds. The highest BCUT2D eigenvalue weighted by molar-refractivity contribution is 7.18. The highest BCUT2D eigenvalue weighted by Gasteiger charge is 2.23. The number of nitrogens with two attached hydrogens (primary N) is 1. The van der Waals surface area contributed by atoms with Gasteiger partial charge in [-0.2, -0.15) is 0 Å². The van der Waals surface area contributed by atoms with Gasteiger partial charge < -0.3 is 16.0 Å². The van der Waals surface area contributed by atoms with Gasteiger partial charge in [-0.15, -0.1) is 23.7 Å². The number of hydrogen-bond donors (Lipinski definition) is 3. The van der Waals surface area contributed by atoms with Gasteiger partial charge in [0, 0.05) is 30.8 Å². The average Bonchev–Trinajstić information content (AvgIpc) is 2.88. The number of amides is 1. The van der Waals surface area contributed by atoms with E-state index in [0.717, 1.165) is 29.5 Å². The van der Waals surface area contributed by atoms with E-state index >= 15 is 0 Å². The Labute approximate surface area is 150 Å². The molecular weight excluding hydrogens is 348 g/mol. The van der Waals surface area contributed by atoms with Crippen LogP contribution in [0.25, 0.3) is 10.2 Å². The van der Waals surface area contributed by atoms with Crippen molar-refractivity contribution < 1.29 is 4.79 Å². The number of carbonyl (C=O) groups excluding carboxylic acids is 1. The molecule has 132 valence electrons. The molecule has 2 heterocycles. The van der Waals surface area contributed by atoms with Gasteiger partial charge in [-0.05, 0) is 30.7 Å². The fourth-order valence-corrected chi connectivity index (χ4v) is 4.45. The summed E-state index contributed by atoms with van der Waals surface area (Å²) < 4.78 is 0.